The Bertz CT molecular complexity index is 448. The van der Waals surface area contributed by atoms with Gasteiger partial charge < -0.3 is 14.6 Å². The van der Waals surface area contributed by atoms with Crippen LogP contribution in [0.2, 0.25) is 0 Å². The van der Waals surface area contributed by atoms with E-state index in [1.54, 1.807) is 6.07 Å². The first-order chi connectivity index (χ1) is 9.24. The molecule has 0 aromatic heterocycles. The molecule has 4 unspecified atom stereocenters. The summed E-state index contributed by atoms with van der Waals surface area (Å²) >= 11 is 0. The molecule has 3 fully saturated rings. The van der Waals surface area contributed by atoms with Gasteiger partial charge in [0.25, 0.3) is 0 Å². The molecule has 0 aliphatic carbocycles. The topological polar surface area (TPSA) is 45.2 Å². The number of rotatable bonds is 3. The molecule has 3 aliphatic heterocycles. The van der Waals surface area contributed by atoms with Crippen molar-refractivity contribution in [3.63, 3.8) is 0 Å². The minimum Gasteiger partial charge on any atom is -0.366 e. The number of likely N-dealkylation sites (N-methyl/N-ethyl adjacent to an activating group) is 1. The Kier molecular flexibility index (Phi) is 2.58. The van der Waals surface area contributed by atoms with Crippen molar-refractivity contribution in [2.24, 2.45) is 0 Å². The van der Waals surface area contributed by atoms with Gasteiger partial charge in [-0.05, 0) is 32.0 Å². The third-order valence-corrected chi connectivity index (χ3v) is 4.63. The van der Waals surface area contributed by atoms with Crippen molar-refractivity contribution in [2.45, 2.75) is 49.5 Å². The number of morpholine rings is 1. The standard InChI is InChI=1S/C15H17NO3/c1-16-11-7-10(8-12(16)14-13(11)19-14)18-15(17)9-5-3-2-4-6-9/h2-3,5,10-15,17H,7-8H2,1H3/t10?,11?,12?,13-,14+,15?. The average Bonchev–Trinajstić information content (AvgIpc) is 3.18. The van der Waals surface area contributed by atoms with Gasteiger partial charge in [-0.2, -0.15) is 0 Å². The molecule has 1 N–H and O–H groups in total. The molecule has 19 heavy (non-hydrogen) atoms. The number of hydrogen-bond donors (Lipinski definition) is 1. The van der Waals surface area contributed by atoms with Crippen molar-refractivity contribution in [1.82, 2.24) is 4.90 Å². The maximum atomic E-state index is 10.1. The Morgan fingerprint density at radius 2 is 2.16 bits per heavy atom. The number of fused-ring (bicyclic) bond motifs is 5. The Hall–Kier alpha value is -1.12. The van der Waals surface area contributed by atoms with E-state index >= 15 is 0 Å². The van der Waals surface area contributed by atoms with E-state index in [0.29, 0.717) is 29.9 Å². The zero-order chi connectivity index (χ0) is 13.0. The molecule has 3 aliphatic rings. The largest absolute Gasteiger partial charge is 0.366 e. The second-order valence-electron chi connectivity index (χ2n) is 5.70. The predicted molar refractivity (Wildman–Crippen MR) is 67.2 cm³/mol. The van der Waals surface area contributed by atoms with Crippen molar-refractivity contribution in [1.29, 1.82) is 0 Å². The number of aliphatic hydroxyl groups excluding tert-OH is 1. The summed E-state index contributed by atoms with van der Waals surface area (Å²) in [6.07, 6.45) is 1.87. The zero-order valence-corrected chi connectivity index (χ0v) is 10.8. The molecular formula is C15H17NO3. The SMILES string of the molecule is CN1C2CC(OC(O)c3c#cccc3)CC1[C@@H]1O[C@H]21. The first-order valence-corrected chi connectivity index (χ1v) is 6.83. The van der Waals surface area contributed by atoms with E-state index in [-0.39, 0.29) is 6.10 Å². The van der Waals surface area contributed by atoms with Crippen molar-refractivity contribution in [3.05, 3.63) is 35.9 Å². The smallest absolute Gasteiger partial charge is 0.189 e. The van der Waals surface area contributed by atoms with E-state index in [9.17, 15) is 5.11 Å². The van der Waals surface area contributed by atoms with Crippen LogP contribution in [-0.4, -0.2) is 47.4 Å². The molecule has 6 atom stereocenters. The van der Waals surface area contributed by atoms with E-state index in [1.165, 1.54) is 0 Å². The van der Waals surface area contributed by atoms with Gasteiger partial charge in [-0.1, -0.05) is 18.2 Å². The summed E-state index contributed by atoms with van der Waals surface area (Å²) in [4.78, 5) is 2.41. The van der Waals surface area contributed by atoms with Crippen LogP contribution in [0.4, 0.5) is 0 Å². The summed E-state index contributed by atoms with van der Waals surface area (Å²) in [7, 11) is 2.16. The quantitative estimate of drug-likeness (QED) is 0.647. The van der Waals surface area contributed by atoms with Gasteiger partial charge in [0.15, 0.2) is 6.29 Å². The van der Waals surface area contributed by atoms with Gasteiger partial charge in [-0.15, -0.1) is 0 Å². The van der Waals surface area contributed by atoms with Crippen LogP contribution in [0.25, 0.3) is 0 Å². The van der Waals surface area contributed by atoms with Crippen LogP contribution in [0.15, 0.2) is 18.2 Å². The van der Waals surface area contributed by atoms with Crippen LogP contribution in [0.3, 0.4) is 0 Å². The van der Waals surface area contributed by atoms with E-state index < -0.39 is 6.29 Å². The molecule has 4 nitrogen and oxygen atoms in total. The van der Waals surface area contributed by atoms with Crippen molar-refractivity contribution < 1.29 is 14.6 Å². The Balaban J connectivity index is 1.42. The molecule has 1 aromatic rings. The first kappa shape index (κ1) is 11.7. The summed E-state index contributed by atoms with van der Waals surface area (Å²) in [6, 6.07) is 12.0. The number of aliphatic hydroxyl groups is 1. The van der Waals surface area contributed by atoms with Gasteiger partial charge in [0.2, 0.25) is 0 Å². The highest BCUT2D eigenvalue weighted by Crippen LogP contribution is 2.48. The van der Waals surface area contributed by atoms with Crippen LogP contribution in [-0.2, 0) is 9.47 Å². The highest BCUT2D eigenvalue weighted by Gasteiger charge is 2.62. The molecule has 3 heterocycles. The lowest BCUT2D eigenvalue weighted by Gasteiger charge is -2.38. The lowest BCUT2D eigenvalue weighted by molar-refractivity contribution is -0.163. The molecule has 2 bridgehead atoms. The van der Waals surface area contributed by atoms with E-state index in [4.69, 9.17) is 9.47 Å². The molecule has 4 heteroatoms. The minimum atomic E-state index is -0.900. The van der Waals surface area contributed by atoms with E-state index in [1.807, 2.05) is 12.1 Å². The zero-order valence-electron chi connectivity index (χ0n) is 10.8. The number of piperidine rings is 1. The average molecular weight is 259 g/mol. The van der Waals surface area contributed by atoms with Crippen molar-refractivity contribution in [3.8, 4) is 0 Å². The maximum absolute atomic E-state index is 10.1. The normalized spacial score (nSPS) is 41.5. The summed E-state index contributed by atoms with van der Waals surface area (Å²) in [5, 5.41) is 10.1. The molecule has 4 rings (SSSR count). The molecular weight excluding hydrogens is 242 g/mol. The maximum Gasteiger partial charge on any atom is 0.189 e. The van der Waals surface area contributed by atoms with Gasteiger partial charge in [0.05, 0.1) is 11.7 Å². The Morgan fingerprint density at radius 1 is 1.42 bits per heavy atom. The fourth-order valence-electron chi connectivity index (χ4n) is 3.58. The molecule has 100 valence electrons. The van der Waals surface area contributed by atoms with Crippen LogP contribution < -0.4 is 0 Å². The highest BCUT2D eigenvalue weighted by atomic mass is 16.6. The van der Waals surface area contributed by atoms with Crippen LogP contribution in [0.5, 0.6) is 0 Å². The highest BCUT2D eigenvalue weighted by molar-refractivity contribution is 5.14. The van der Waals surface area contributed by atoms with Gasteiger partial charge in [-0.25, -0.2) is 0 Å². The van der Waals surface area contributed by atoms with Crippen molar-refractivity contribution >= 4 is 0 Å². The van der Waals surface area contributed by atoms with E-state index in [2.05, 4.69) is 24.1 Å². The summed E-state index contributed by atoms with van der Waals surface area (Å²) < 4.78 is 11.5. The number of hydrogen-bond acceptors (Lipinski definition) is 4. The van der Waals surface area contributed by atoms with Crippen LogP contribution >= 0.6 is 0 Å². The molecule has 0 spiro atoms. The third kappa shape index (κ3) is 1.86. The monoisotopic (exact) mass is 259 g/mol. The van der Waals surface area contributed by atoms with Gasteiger partial charge >= 0.3 is 0 Å². The number of ether oxygens (including phenoxy) is 2. The molecule has 0 amide bonds. The molecule has 0 radical (unpaired) electrons. The second kappa shape index (κ2) is 4.19. The number of nitrogens with zero attached hydrogens (tertiary/aromatic N) is 1. The fraction of sp³-hybridized carbons (Fsp3) is 0.600. The summed E-state index contributed by atoms with van der Waals surface area (Å²) in [5.74, 6) is 0. The van der Waals surface area contributed by atoms with E-state index in [0.717, 1.165) is 12.8 Å². The fourth-order valence-corrected chi connectivity index (χ4v) is 3.58. The molecule has 3 saturated heterocycles. The Labute approximate surface area is 112 Å². The third-order valence-electron chi connectivity index (χ3n) is 4.63. The lowest BCUT2D eigenvalue weighted by atomic mass is 9.99. The Morgan fingerprint density at radius 3 is 2.79 bits per heavy atom. The lowest BCUT2D eigenvalue weighted by Crippen LogP contribution is -2.47. The minimum absolute atomic E-state index is 0.103. The van der Waals surface area contributed by atoms with Gasteiger partial charge in [-0.3, -0.25) is 4.90 Å². The second-order valence-corrected chi connectivity index (χ2v) is 5.70. The number of epoxide rings is 1. The van der Waals surface area contributed by atoms with Gasteiger partial charge in [0, 0.05) is 12.1 Å². The van der Waals surface area contributed by atoms with Crippen LogP contribution in [0.1, 0.15) is 24.7 Å². The first-order valence-electron chi connectivity index (χ1n) is 6.83. The predicted octanol–water partition coefficient (Wildman–Crippen LogP) is 0.907. The van der Waals surface area contributed by atoms with Gasteiger partial charge in [0.1, 0.15) is 12.2 Å². The molecule has 1 aromatic carbocycles. The molecule has 0 saturated carbocycles. The van der Waals surface area contributed by atoms with Crippen LogP contribution in [0, 0.1) is 12.1 Å². The summed E-state index contributed by atoms with van der Waals surface area (Å²) in [5.41, 5.74) is 0.648. The summed E-state index contributed by atoms with van der Waals surface area (Å²) in [6.45, 7) is 0. The van der Waals surface area contributed by atoms with Crippen molar-refractivity contribution in [2.75, 3.05) is 7.05 Å².